The molecule has 1 nitrogen and oxygen atoms in total. The average molecular weight is 279 g/mol. The van der Waals surface area contributed by atoms with Crippen LogP contribution in [0.15, 0.2) is 18.2 Å². The molecule has 1 aliphatic rings. The fourth-order valence-electron chi connectivity index (χ4n) is 2.52. The number of halogens is 5. The van der Waals surface area contributed by atoms with E-state index in [0.29, 0.717) is 12.8 Å². The summed E-state index contributed by atoms with van der Waals surface area (Å²) < 4.78 is 65.5. The number of hydrogen-bond donors (Lipinski definition) is 1. The van der Waals surface area contributed by atoms with Gasteiger partial charge in [0.1, 0.15) is 17.3 Å². The summed E-state index contributed by atoms with van der Waals surface area (Å²) >= 11 is 0. The highest BCUT2D eigenvalue weighted by Gasteiger charge is 2.45. The standard InChI is InChI=1S/C13H14F5N/c14-9-5-3-6-10(15)12(9)19-11-7-2-1-4-8(11)13(16,17)18/h3,5-6,8,11,19H,1-2,4,7H2. The Morgan fingerprint density at radius 3 is 2.16 bits per heavy atom. The van der Waals surface area contributed by atoms with Crippen LogP contribution >= 0.6 is 0 Å². The summed E-state index contributed by atoms with van der Waals surface area (Å²) in [7, 11) is 0. The van der Waals surface area contributed by atoms with Gasteiger partial charge >= 0.3 is 6.18 Å². The smallest absolute Gasteiger partial charge is 0.377 e. The molecule has 2 unspecified atom stereocenters. The van der Waals surface area contributed by atoms with Crippen molar-refractivity contribution in [2.24, 2.45) is 5.92 Å². The Bertz CT molecular complexity index is 423. The molecule has 1 aromatic carbocycles. The molecule has 2 rings (SSSR count). The van der Waals surface area contributed by atoms with E-state index < -0.39 is 35.5 Å². The van der Waals surface area contributed by atoms with E-state index in [1.54, 1.807) is 0 Å². The summed E-state index contributed by atoms with van der Waals surface area (Å²) in [5, 5.41) is 2.40. The number of para-hydroxylation sites is 1. The highest BCUT2D eigenvalue weighted by Crippen LogP contribution is 2.39. The summed E-state index contributed by atoms with van der Waals surface area (Å²) in [4.78, 5) is 0. The highest BCUT2D eigenvalue weighted by molar-refractivity contribution is 5.47. The molecule has 0 amide bonds. The van der Waals surface area contributed by atoms with Gasteiger partial charge in [0.15, 0.2) is 0 Å². The van der Waals surface area contributed by atoms with Gasteiger partial charge in [0, 0.05) is 6.04 Å². The average Bonchev–Trinajstić information content (AvgIpc) is 2.33. The monoisotopic (exact) mass is 279 g/mol. The number of hydrogen-bond acceptors (Lipinski definition) is 1. The van der Waals surface area contributed by atoms with E-state index in [4.69, 9.17) is 0 Å². The predicted molar refractivity (Wildman–Crippen MR) is 61.8 cm³/mol. The molecule has 1 aliphatic carbocycles. The van der Waals surface area contributed by atoms with Crippen LogP contribution in [0.2, 0.25) is 0 Å². The van der Waals surface area contributed by atoms with Gasteiger partial charge in [-0.2, -0.15) is 13.2 Å². The minimum Gasteiger partial charge on any atom is -0.377 e. The van der Waals surface area contributed by atoms with Crippen LogP contribution in [0.5, 0.6) is 0 Å². The van der Waals surface area contributed by atoms with Gasteiger partial charge in [-0.15, -0.1) is 0 Å². The highest BCUT2D eigenvalue weighted by atomic mass is 19.4. The predicted octanol–water partition coefficient (Wildman–Crippen LogP) is 4.50. The molecular weight excluding hydrogens is 265 g/mol. The molecule has 0 heterocycles. The van der Waals surface area contributed by atoms with Crippen molar-refractivity contribution in [2.75, 3.05) is 5.32 Å². The third kappa shape index (κ3) is 3.16. The van der Waals surface area contributed by atoms with E-state index in [1.165, 1.54) is 6.07 Å². The Hall–Kier alpha value is -1.33. The number of benzene rings is 1. The molecule has 0 bridgehead atoms. The van der Waals surface area contributed by atoms with Gasteiger partial charge in [-0.05, 0) is 25.0 Å². The Morgan fingerprint density at radius 1 is 1.00 bits per heavy atom. The largest absolute Gasteiger partial charge is 0.393 e. The zero-order valence-corrected chi connectivity index (χ0v) is 10.1. The van der Waals surface area contributed by atoms with Crippen molar-refractivity contribution in [1.29, 1.82) is 0 Å². The lowest BCUT2D eigenvalue weighted by atomic mass is 9.84. The first-order valence-electron chi connectivity index (χ1n) is 6.17. The third-order valence-corrected chi connectivity index (χ3v) is 3.48. The quantitative estimate of drug-likeness (QED) is 0.786. The van der Waals surface area contributed by atoms with E-state index in [1.807, 2.05) is 0 Å². The molecular formula is C13H14F5N. The Kier molecular flexibility index (Phi) is 3.96. The number of alkyl halides is 3. The van der Waals surface area contributed by atoms with Crippen molar-refractivity contribution in [2.45, 2.75) is 37.9 Å². The summed E-state index contributed by atoms with van der Waals surface area (Å²) in [6, 6.07) is 2.26. The summed E-state index contributed by atoms with van der Waals surface area (Å²) in [5.74, 6) is -3.29. The summed E-state index contributed by atoms with van der Waals surface area (Å²) in [6.07, 6.45) is -2.97. The lowest BCUT2D eigenvalue weighted by Gasteiger charge is -2.34. The van der Waals surface area contributed by atoms with Crippen LogP contribution in [0.4, 0.5) is 27.6 Å². The zero-order chi connectivity index (χ0) is 14.0. The molecule has 1 aromatic rings. The van der Waals surface area contributed by atoms with Crippen LogP contribution in [-0.4, -0.2) is 12.2 Å². The Morgan fingerprint density at radius 2 is 1.58 bits per heavy atom. The first-order chi connectivity index (χ1) is 8.89. The van der Waals surface area contributed by atoms with Crippen molar-refractivity contribution >= 4 is 5.69 Å². The van der Waals surface area contributed by atoms with Crippen LogP contribution in [0.25, 0.3) is 0 Å². The fourth-order valence-corrected chi connectivity index (χ4v) is 2.52. The number of nitrogens with one attached hydrogen (secondary N) is 1. The number of rotatable bonds is 2. The van der Waals surface area contributed by atoms with Crippen LogP contribution in [0.1, 0.15) is 25.7 Å². The Balaban J connectivity index is 2.20. The van der Waals surface area contributed by atoms with Crippen molar-refractivity contribution in [3.63, 3.8) is 0 Å². The zero-order valence-electron chi connectivity index (χ0n) is 10.1. The molecule has 0 aliphatic heterocycles. The number of anilines is 1. The fraction of sp³-hybridized carbons (Fsp3) is 0.538. The van der Waals surface area contributed by atoms with E-state index in [9.17, 15) is 22.0 Å². The second-order valence-electron chi connectivity index (χ2n) is 4.78. The SMILES string of the molecule is Fc1cccc(F)c1NC1CCCCC1C(F)(F)F. The molecule has 1 fully saturated rings. The molecule has 1 saturated carbocycles. The van der Waals surface area contributed by atoms with Crippen LogP contribution in [0.3, 0.4) is 0 Å². The lowest BCUT2D eigenvalue weighted by molar-refractivity contribution is -0.184. The Labute approximate surface area is 107 Å². The van der Waals surface area contributed by atoms with Crippen molar-refractivity contribution in [3.8, 4) is 0 Å². The van der Waals surface area contributed by atoms with Gasteiger partial charge in [0.05, 0.1) is 5.92 Å². The van der Waals surface area contributed by atoms with E-state index in [2.05, 4.69) is 5.32 Å². The minimum absolute atomic E-state index is 0.00274. The van der Waals surface area contributed by atoms with Crippen molar-refractivity contribution in [3.05, 3.63) is 29.8 Å². The topological polar surface area (TPSA) is 12.0 Å². The van der Waals surface area contributed by atoms with E-state index in [0.717, 1.165) is 12.1 Å². The maximum absolute atomic E-state index is 13.4. The van der Waals surface area contributed by atoms with Crippen LogP contribution < -0.4 is 5.32 Å². The molecule has 106 valence electrons. The molecule has 19 heavy (non-hydrogen) atoms. The molecule has 0 saturated heterocycles. The van der Waals surface area contributed by atoms with Crippen LogP contribution in [0, 0.1) is 17.6 Å². The second-order valence-corrected chi connectivity index (χ2v) is 4.78. The maximum Gasteiger partial charge on any atom is 0.393 e. The summed E-state index contributed by atoms with van der Waals surface area (Å²) in [6.45, 7) is 0. The normalized spacial score (nSPS) is 24.3. The second kappa shape index (κ2) is 5.35. The minimum atomic E-state index is -4.35. The molecule has 1 N–H and O–H groups in total. The van der Waals surface area contributed by atoms with Gasteiger partial charge in [-0.3, -0.25) is 0 Å². The van der Waals surface area contributed by atoms with Gasteiger partial charge in [0.2, 0.25) is 0 Å². The molecule has 0 spiro atoms. The molecule has 2 atom stereocenters. The van der Waals surface area contributed by atoms with Gasteiger partial charge < -0.3 is 5.32 Å². The first-order valence-corrected chi connectivity index (χ1v) is 6.17. The van der Waals surface area contributed by atoms with Gasteiger partial charge in [-0.1, -0.05) is 18.9 Å². The van der Waals surface area contributed by atoms with Crippen molar-refractivity contribution < 1.29 is 22.0 Å². The maximum atomic E-state index is 13.4. The first kappa shape index (κ1) is 14.1. The van der Waals surface area contributed by atoms with Crippen LogP contribution in [-0.2, 0) is 0 Å². The lowest BCUT2D eigenvalue weighted by Crippen LogP contribution is -2.41. The molecule has 6 heteroatoms. The summed E-state index contributed by atoms with van der Waals surface area (Å²) in [5.41, 5.74) is -0.469. The van der Waals surface area contributed by atoms with E-state index in [-0.39, 0.29) is 12.8 Å². The molecule has 0 aromatic heterocycles. The molecule has 0 radical (unpaired) electrons. The van der Waals surface area contributed by atoms with Gasteiger partial charge in [-0.25, -0.2) is 8.78 Å². The van der Waals surface area contributed by atoms with Gasteiger partial charge in [0.25, 0.3) is 0 Å². The van der Waals surface area contributed by atoms with Crippen molar-refractivity contribution in [1.82, 2.24) is 0 Å². The third-order valence-electron chi connectivity index (χ3n) is 3.48. The van der Waals surface area contributed by atoms with E-state index >= 15 is 0 Å².